The van der Waals surface area contributed by atoms with Gasteiger partial charge in [-0.05, 0) is 6.42 Å². The van der Waals surface area contributed by atoms with Crippen LogP contribution < -0.4 is 0 Å². The van der Waals surface area contributed by atoms with Crippen molar-refractivity contribution in [3.05, 3.63) is 0 Å². The molecule has 0 saturated carbocycles. The predicted octanol–water partition coefficient (Wildman–Crippen LogP) is -0.166. The molecule has 0 radical (unpaired) electrons. The number of Topliss-reactive ketones (excluding diaryl/α,β-unsaturated/α-hetero) is 1. The molecule has 0 aromatic rings. The highest BCUT2D eigenvalue weighted by Gasteiger charge is 2.36. The third-order valence-electron chi connectivity index (χ3n) is 3.36. The zero-order valence-corrected chi connectivity index (χ0v) is 12.3. The Balaban J connectivity index is 4.10. The molecule has 7 nitrogen and oxygen atoms in total. The van der Waals surface area contributed by atoms with Crippen LogP contribution in [0.15, 0.2) is 0 Å². The van der Waals surface area contributed by atoms with Gasteiger partial charge in [0, 0.05) is 6.42 Å². The van der Waals surface area contributed by atoms with Gasteiger partial charge in [-0.2, -0.15) is 0 Å². The lowest BCUT2D eigenvalue weighted by molar-refractivity contribution is -0.165. The highest BCUT2D eigenvalue weighted by molar-refractivity contribution is 5.83. The van der Waals surface area contributed by atoms with Gasteiger partial charge in [0.25, 0.3) is 0 Å². The van der Waals surface area contributed by atoms with Crippen LogP contribution in [0.3, 0.4) is 0 Å². The second kappa shape index (κ2) is 10.7. The van der Waals surface area contributed by atoms with Gasteiger partial charge < -0.3 is 25.5 Å². The molecule has 0 bridgehead atoms. The van der Waals surface area contributed by atoms with Crippen LogP contribution in [0.2, 0.25) is 0 Å². The first kappa shape index (κ1) is 20.0. The Labute approximate surface area is 124 Å². The Morgan fingerprint density at radius 3 is 1.81 bits per heavy atom. The van der Waals surface area contributed by atoms with Crippen molar-refractivity contribution in [2.75, 3.05) is 0 Å². The highest BCUT2D eigenvalue weighted by atomic mass is 16.4. The first-order valence-corrected chi connectivity index (χ1v) is 7.30. The Bertz CT molecular complexity index is 318. The first-order chi connectivity index (χ1) is 9.82. The van der Waals surface area contributed by atoms with E-state index in [1.807, 2.05) is 0 Å². The molecule has 5 N–H and O–H groups in total. The van der Waals surface area contributed by atoms with Crippen molar-refractivity contribution in [3.8, 4) is 0 Å². The summed E-state index contributed by atoms with van der Waals surface area (Å²) in [6.45, 7) is 2.10. The summed E-state index contributed by atoms with van der Waals surface area (Å²) in [5.74, 6) is -2.41. The third kappa shape index (κ3) is 7.52. The fraction of sp³-hybridized carbons (Fsp3) is 0.857. The van der Waals surface area contributed by atoms with E-state index in [0.717, 1.165) is 32.1 Å². The van der Waals surface area contributed by atoms with Crippen molar-refractivity contribution in [1.29, 1.82) is 0 Å². The zero-order chi connectivity index (χ0) is 16.4. The maximum atomic E-state index is 11.6. The molecule has 0 aromatic carbocycles. The molecule has 21 heavy (non-hydrogen) atoms. The number of ketones is 1. The van der Waals surface area contributed by atoms with E-state index in [9.17, 15) is 24.9 Å². The molecular weight excluding hydrogens is 280 g/mol. The lowest BCUT2D eigenvalue weighted by atomic mass is 9.97. The van der Waals surface area contributed by atoms with Crippen molar-refractivity contribution in [1.82, 2.24) is 0 Å². The second-order valence-corrected chi connectivity index (χ2v) is 5.19. The fourth-order valence-corrected chi connectivity index (χ4v) is 1.94. The third-order valence-corrected chi connectivity index (χ3v) is 3.36. The number of aliphatic hydroxyl groups excluding tert-OH is 4. The minimum absolute atomic E-state index is 0.0419. The number of aliphatic carboxylic acids is 1. The minimum Gasteiger partial charge on any atom is -0.479 e. The molecule has 0 rings (SSSR count). The summed E-state index contributed by atoms with van der Waals surface area (Å²) in [6.07, 6.45) is -2.54. The number of hydrogen-bond acceptors (Lipinski definition) is 6. The van der Waals surface area contributed by atoms with Crippen molar-refractivity contribution < 1.29 is 35.1 Å². The van der Waals surface area contributed by atoms with Gasteiger partial charge in [-0.15, -0.1) is 0 Å². The van der Waals surface area contributed by atoms with Crippen molar-refractivity contribution >= 4 is 11.8 Å². The SMILES string of the molecule is CCCCCCCCC(=O)[C@@H](O)[C@@H](O)[C@H](O)[C@H](O)C(=O)O. The molecule has 0 aromatic heterocycles. The van der Waals surface area contributed by atoms with Crippen LogP contribution in [0, 0.1) is 0 Å². The van der Waals surface area contributed by atoms with Gasteiger partial charge in [-0.1, -0.05) is 39.0 Å². The summed E-state index contributed by atoms with van der Waals surface area (Å²) < 4.78 is 0. The van der Waals surface area contributed by atoms with Gasteiger partial charge in [0.1, 0.15) is 18.3 Å². The molecule has 0 aliphatic heterocycles. The number of rotatable bonds is 12. The summed E-state index contributed by atoms with van der Waals surface area (Å²) >= 11 is 0. The van der Waals surface area contributed by atoms with Crippen LogP contribution in [0.5, 0.6) is 0 Å². The topological polar surface area (TPSA) is 135 Å². The molecule has 0 aliphatic carbocycles. The summed E-state index contributed by atoms with van der Waals surface area (Å²) in [7, 11) is 0. The number of hydrogen-bond donors (Lipinski definition) is 5. The molecule has 7 heteroatoms. The molecule has 0 heterocycles. The predicted molar refractivity (Wildman–Crippen MR) is 74.7 cm³/mol. The van der Waals surface area contributed by atoms with Gasteiger partial charge in [0.15, 0.2) is 11.9 Å². The largest absolute Gasteiger partial charge is 0.479 e. The fourth-order valence-electron chi connectivity index (χ4n) is 1.94. The van der Waals surface area contributed by atoms with Crippen LogP contribution in [0.1, 0.15) is 51.9 Å². The lowest BCUT2D eigenvalue weighted by Crippen LogP contribution is -2.50. The highest BCUT2D eigenvalue weighted by Crippen LogP contribution is 2.12. The lowest BCUT2D eigenvalue weighted by Gasteiger charge is -2.23. The maximum absolute atomic E-state index is 11.6. The van der Waals surface area contributed by atoms with Crippen LogP contribution in [-0.2, 0) is 9.59 Å². The molecular formula is C14H26O7. The van der Waals surface area contributed by atoms with Crippen LogP contribution in [-0.4, -0.2) is 61.7 Å². The molecule has 0 unspecified atom stereocenters. The number of carbonyl (C=O) groups is 2. The van der Waals surface area contributed by atoms with E-state index in [4.69, 9.17) is 10.2 Å². The molecule has 4 atom stereocenters. The van der Waals surface area contributed by atoms with Crippen molar-refractivity contribution in [2.24, 2.45) is 0 Å². The first-order valence-electron chi connectivity index (χ1n) is 7.30. The van der Waals surface area contributed by atoms with E-state index in [1.165, 1.54) is 0 Å². The van der Waals surface area contributed by atoms with Crippen LogP contribution in [0.4, 0.5) is 0 Å². The smallest absolute Gasteiger partial charge is 0.335 e. The molecule has 124 valence electrons. The Hall–Kier alpha value is -1.02. The number of unbranched alkanes of at least 4 members (excludes halogenated alkanes) is 5. The number of carboxylic acid groups (broad SMARTS) is 1. The summed E-state index contributed by atoms with van der Waals surface area (Å²) in [4.78, 5) is 22.1. The van der Waals surface area contributed by atoms with Gasteiger partial charge in [0.05, 0.1) is 0 Å². The van der Waals surface area contributed by atoms with E-state index >= 15 is 0 Å². The normalized spacial score (nSPS) is 17.0. The van der Waals surface area contributed by atoms with Gasteiger partial charge >= 0.3 is 5.97 Å². The van der Waals surface area contributed by atoms with E-state index in [-0.39, 0.29) is 6.42 Å². The van der Waals surface area contributed by atoms with Crippen molar-refractivity contribution in [3.63, 3.8) is 0 Å². The number of aliphatic hydroxyl groups is 4. The summed E-state index contributed by atoms with van der Waals surface area (Å²) in [5.41, 5.74) is 0. The molecule has 0 fully saturated rings. The van der Waals surface area contributed by atoms with E-state index in [0.29, 0.717) is 6.42 Å². The molecule has 0 spiro atoms. The van der Waals surface area contributed by atoms with E-state index in [1.54, 1.807) is 0 Å². The molecule has 0 aliphatic rings. The second-order valence-electron chi connectivity index (χ2n) is 5.19. The van der Waals surface area contributed by atoms with E-state index < -0.39 is 36.2 Å². The van der Waals surface area contributed by atoms with Gasteiger partial charge in [-0.25, -0.2) is 4.79 Å². The monoisotopic (exact) mass is 306 g/mol. The van der Waals surface area contributed by atoms with Crippen molar-refractivity contribution in [2.45, 2.75) is 76.3 Å². The van der Waals surface area contributed by atoms with Crippen LogP contribution in [0.25, 0.3) is 0 Å². The Morgan fingerprint density at radius 2 is 1.29 bits per heavy atom. The maximum Gasteiger partial charge on any atom is 0.335 e. The van der Waals surface area contributed by atoms with E-state index in [2.05, 4.69) is 6.92 Å². The average Bonchev–Trinajstić information content (AvgIpc) is 2.47. The Morgan fingerprint density at radius 1 is 0.810 bits per heavy atom. The quantitative estimate of drug-likeness (QED) is 0.316. The Kier molecular flexibility index (Phi) is 10.2. The molecule has 0 amide bonds. The van der Waals surface area contributed by atoms with Crippen LogP contribution >= 0.6 is 0 Å². The standard InChI is InChI=1S/C14H26O7/c1-2-3-4-5-6-7-8-9(15)10(16)11(17)12(18)13(19)14(20)21/h10-13,16-19H,2-8H2,1H3,(H,20,21)/t10-,11-,12+,13+/m1/s1. The number of carboxylic acids is 1. The van der Waals surface area contributed by atoms with Gasteiger partial charge in [0.2, 0.25) is 0 Å². The zero-order valence-electron chi connectivity index (χ0n) is 12.3. The minimum atomic E-state index is -2.25. The average molecular weight is 306 g/mol. The van der Waals surface area contributed by atoms with Gasteiger partial charge in [-0.3, -0.25) is 4.79 Å². The number of carbonyl (C=O) groups excluding carboxylic acids is 1. The summed E-state index contributed by atoms with van der Waals surface area (Å²) in [6, 6.07) is 0. The molecule has 0 saturated heterocycles. The summed E-state index contributed by atoms with van der Waals surface area (Å²) in [5, 5.41) is 46.0.